The molecular formula is C11H22. The van der Waals surface area contributed by atoms with Crippen LogP contribution in [0.15, 0.2) is 0 Å². The first-order chi connectivity index (χ1) is 5.31. The van der Waals surface area contributed by atoms with Crippen molar-refractivity contribution in [3.63, 3.8) is 0 Å². The molecule has 0 aromatic heterocycles. The van der Waals surface area contributed by atoms with Crippen LogP contribution in [0.4, 0.5) is 0 Å². The maximum atomic E-state index is 2.40. The zero-order valence-corrected chi connectivity index (χ0v) is 8.32. The van der Waals surface area contributed by atoms with E-state index >= 15 is 0 Å². The highest BCUT2D eigenvalue weighted by molar-refractivity contribution is 4.95. The third-order valence-electron chi connectivity index (χ3n) is 3.29. The molecule has 0 aromatic rings. The highest BCUT2D eigenvalue weighted by Gasteiger charge is 2.43. The van der Waals surface area contributed by atoms with Gasteiger partial charge in [0.25, 0.3) is 0 Å². The van der Waals surface area contributed by atoms with Gasteiger partial charge >= 0.3 is 0 Å². The van der Waals surface area contributed by atoms with Gasteiger partial charge < -0.3 is 0 Å². The van der Waals surface area contributed by atoms with Crippen molar-refractivity contribution in [2.75, 3.05) is 0 Å². The molecule has 2 saturated carbocycles. The topological polar surface area (TPSA) is 0 Å². The van der Waals surface area contributed by atoms with Crippen molar-refractivity contribution in [1.82, 2.24) is 0 Å². The van der Waals surface area contributed by atoms with Crippen LogP contribution in [0.2, 0.25) is 0 Å². The van der Waals surface area contributed by atoms with E-state index in [4.69, 9.17) is 0 Å². The second kappa shape index (κ2) is 3.60. The first-order valence-corrected chi connectivity index (χ1v) is 5.31. The Hall–Kier alpha value is 0. The molecule has 0 heterocycles. The Bertz CT molecular complexity index is 101. The lowest BCUT2D eigenvalue weighted by Crippen LogP contribution is -2.12. The molecule has 1 spiro atoms. The normalized spacial score (nSPS) is 27.5. The lowest BCUT2D eigenvalue weighted by atomic mass is 9.81. The maximum absolute atomic E-state index is 2.40. The SMILES string of the molecule is CC.CC1CCC2(CC1)CC2. The Kier molecular flexibility index (Phi) is 2.98. The van der Waals surface area contributed by atoms with Gasteiger partial charge in [-0.15, -0.1) is 0 Å². The highest BCUT2D eigenvalue weighted by atomic mass is 14.5. The summed E-state index contributed by atoms with van der Waals surface area (Å²) in [6.45, 7) is 6.40. The van der Waals surface area contributed by atoms with Gasteiger partial charge in [-0.1, -0.05) is 33.6 Å². The molecule has 0 unspecified atom stereocenters. The molecule has 0 atom stereocenters. The lowest BCUT2D eigenvalue weighted by Gasteiger charge is -2.25. The first-order valence-electron chi connectivity index (χ1n) is 5.31. The number of hydrogen-bond acceptors (Lipinski definition) is 0. The molecule has 0 bridgehead atoms. The van der Waals surface area contributed by atoms with E-state index in [1.165, 1.54) is 12.8 Å². The molecule has 11 heavy (non-hydrogen) atoms. The van der Waals surface area contributed by atoms with Crippen LogP contribution >= 0.6 is 0 Å². The van der Waals surface area contributed by atoms with Crippen LogP contribution in [0.1, 0.15) is 59.3 Å². The minimum atomic E-state index is 0.909. The predicted molar refractivity (Wildman–Crippen MR) is 50.6 cm³/mol. The zero-order chi connectivity index (χ0) is 8.32. The van der Waals surface area contributed by atoms with Crippen LogP contribution in [-0.2, 0) is 0 Å². The molecule has 0 aliphatic heterocycles. The molecule has 0 heteroatoms. The molecule has 0 radical (unpaired) electrons. The Labute approximate surface area is 71.4 Å². The van der Waals surface area contributed by atoms with E-state index in [9.17, 15) is 0 Å². The number of rotatable bonds is 0. The second-order valence-corrected chi connectivity index (χ2v) is 4.18. The van der Waals surface area contributed by atoms with Gasteiger partial charge in [0.15, 0.2) is 0 Å². The third kappa shape index (κ3) is 2.21. The van der Waals surface area contributed by atoms with E-state index in [2.05, 4.69) is 6.92 Å². The van der Waals surface area contributed by atoms with Crippen molar-refractivity contribution in [2.45, 2.75) is 59.3 Å². The van der Waals surface area contributed by atoms with E-state index in [-0.39, 0.29) is 0 Å². The van der Waals surface area contributed by atoms with Crippen molar-refractivity contribution < 1.29 is 0 Å². The maximum Gasteiger partial charge on any atom is -0.0297 e. The van der Waals surface area contributed by atoms with Gasteiger partial charge in [0.1, 0.15) is 0 Å². The van der Waals surface area contributed by atoms with Crippen LogP contribution < -0.4 is 0 Å². The van der Waals surface area contributed by atoms with Crippen LogP contribution in [0.5, 0.6) is 0 Å². The van der Waals surface area contributed by atoms with Crippen LogP contribution in [0.3, 0.4) is 0 Å². The largest absolute Gasteiger partial charge is 0.0683 e. The Morgan fingerprint density at radius 2 is 1.36 bits per heavy atom. The Morgan fingerprint density at radius 1 is 0.909 bits per heavy atom. The molecule has 2 aliphatic rings. The molecule has 0 N–H and O–H groups in total. The third-order valence-corrected chi connectivity index (χ3v) is 3.29. The standard InChI is InChI=1S/C9H16.C2H6/c1-8-2-4-9(5-3-8)6-7-9;1-2/h8H,2-7H2,1H3;1-2H3. The molecule has 2 fully saturated rings. The zero-order valence-electron chi connectivity index (χ0n) is 8.32. The molecule has 0 nitrogen and oxygen atoms in total. The summed E-state index contributed by atoms with van der Waals surface area (Å²) in [7, 11) is 0. The molecule has 2 aliphatic carbocycles. The summed E-state index contributed by atoms with van der Waals surface area (Å²) in [4.78, 5) is 0. The van der Waals surface area contributed by atoms with Gasteiger partial charge in [0, 0.05) is 0 Å². The van der Waals surface area contributed by atoms with Crippen LogP contribution in [0.25, 0.3) is 0 Å². The van der Waals surface area contributed by atoms with Crippen molar-refractivity contribution >= 4 is 0 Å². The average Bonchev–Trinajstić information content (AvgIpc) is 2.81. The fourth-order valence-corrected chi connectivity index (χ4v) is 2.05. The van der Waals surface area contributed by atoms with Crippen LogP contribution in [0, 0.1) is 11.3 Å². The van der Waals surface area contributed by atoms with Crippen molar-refractivity contribution in [3.8, 4) is 0 Å². The van der Waals surface area contributed by atoms with E-state index in [1.807, 2.05) is 13.8 Å². The van der Waals surface area contributed by atoms with Crippen LogP contribution in [-0.4, -0.2) is 0 Å². The Balaban J connectivity index is 0.000000281. The highest BCUT2D eigenvalue weighted by Crippen LogP contribution is 2.56. The molecule has 0 saturated heterocycles. The summed E-state index contributed by atoms with van der Waals surface area (Å²) in [5.74, 6) is 1.04. The van der Waals surface area contributed by atoms with Crippen molar-refractivity contribution in [2.24, 2.45) is 11.3 Å². The predicted octanol–water partition coefficient (Wildman–Crippen LogP) is 4.00. The fourth-order valence-electron chi connectivity index (χ4n) is 2.05. The van der Waals surface area contributed by atoms with Gasteiger partial charge in [-0.2, -0.15) is 0 Å². The van der Waals surface area contributed by atoms with E-state index < -0.39 is 0 Å². The van der Waals surface area contributed by atoms with Crippen molar-refractivity contribution in [1.29, 1.82) is 0 Å². The summed E-state index contributed by atoms with van der Waals surface area (Å²) in [6, 6.07) is 0. The van der Waals surface area contributed by atoms with Gasteiger partial charge in [-0.05, 0) is 37.0 Å². The van der Waals surface area contributed by atoms with E-state index in [0.717, 1.165) is 11.3 Å². The van der Waals surface area contributed by atoms with E-state index in [1.54, 1.807) is 25.7 Å². The fraction of sp³-hybridized carbons (Fsp3) is 1.00. The minimum absolute atomic E-state index is 0.909. The average molecular weight is 154 g/mol. The summed E-state index contributed by atoms with van der Waals surface area (Å²) in [6.07, 6.45) is 9.24. The molecule has 2 rings (SSSR count). The number of hydrogen-bond donors (Lipinski definition) is 0. The first kappa shape index (κ1) is 9.09. The molecular weight excluding hydrogens is 132 g/mol. The quantitative estimate of drug-likeness (QED) is 0.494. The molecule has 66 valence electrons. The van der Waals surface area contributed by atoms with Gasteiger partial charge in [0.05, 0.1) is 0 Å². The molecule has 0 amide bonds. The summed E-state index contributed by atoms with van der Waals surface area (Å²) in [5.41, 5.74) is 0.909. The van der Waals surface area contributed by atoms with Gasteiger partial charge in [-0.3, -0.25) is 0 Å². The van der Waals surface area contributed by atoms with Gasteiger partial charge in [-0.25, -0.2) is 0 Å². The van der Waals surface area contributed by atoms with Gasteiger partial charge in [0.2, 0.25) is 0 Å². The Morgan fingerprint density at radius 3 is 1.73 bits per heavy atom. The summed E-state index contributed by atoms with van der Waals surface area (Å²) >= 11 is 0. The molecule has 0 aromatic carbocycles. The summed E-state index contributed by atoms with van der Waals surface area (Å²) < 4.78 is 0. The lowest BCUT2D eigenvalue weighted by molar-refractivity contribution is 0.271. The second-order valence-electron chi connectivity index (χ2n) is 4.18. The minimum Gasteiger partial charge on any atom is -0.0683 e. The van der Waals surface area contributed by atoms with E-state index in [0.29, 0.717) is 0 Å². The smallest absolute Gasteiger partial charge is 0.0297 e. The van der Waals surface area contributed by atoms with Crippen molar-refractivity contribution in [3.05, 3.63) is 0 Å². The monoisotopic (exact) mass is 154 g/mol. The summed E-state index contributed by atoms with van der Waals surface area (Å²) in [5, 5.41) is 0.